The maximum absolute atomic E-state index is 5.50. The number of nitrogens with zero attached hydrogens (tertiary/aromatic N) is 1. The lowest BCUT2D eigenvalue weighted by molar-refractivity contribution is 0.176. The zero-order valence-electron chi connectivity index (χ0n) is 10.7. The Balaban J connectivity index is 1.94. The van der Waals surface area contributed by atoms with Crippen molar-refractivity contribution in [3.63, 3.8) is 0 Å². The molecule has 0 saturated carbocycles. The van der Waals surface area contributed by atoms with Gasteiger partial charge in [0, 0.05) is 30.4 Å². The summed E-state index contributed by atoms with van der Waals surface area (Å²) in [5.74, 6) is 0.656. The van der Waals surface area contributed by atoms with Gasteiger partial charge in [-0.05, 0) is 26.3 Å². The van der Waals surface area contributed by atoms with Crippen molar-refractivity contribution in [1.82, 2.24) is 10.3 Å². The quantitative estimate of drug-likeness (QED) is 0.846. The lowest BCUT2D eigenvalue weighted by atomic mass is 9.95. The van der Waals surface area contributed by atoms with Gasteiger partial charge in [0.25, 0.3) is 0 Å². The number of hydrogen-bond acceptors (Lipinski definition) is 4. The first-order chi connectivity index (χ1) is 8.29. The molecule has 4 heteroatoms. The van der Waals surface area contributed by atoms with E-state index in [9.17, 15) is 0 Å². The van der Waals surface area contributed by atoms with Gasteiger partial charge in [-0.2, -0.15) is 0 Å². The maximum atomic E-state index is 5.50. The first-order valence-electron chi connectivity index (χ1n) is 6.51. The van der Waals surface area contributed by atoms with Crippen LogP contribution in [0, 0.1) is 12.8 Å². The third kappa shape index (κ3) is 3.76. The topological polar surface area (TPSA) is 34.2 Å². The molecule has 2 atom stereocenters. The normalized spacial score (nSPS) is 21.9. The molecule has 2 unspecified atom stereocenters. The second-order valence-corrected chi connectivity index (χ2v) is 5.81. The first kappa shape index (κ1) is 13.0. The van der Waals surface area contributed by atoms with Crippen molar-refractivity contribution in [3.05, 3.63) is 16.1 Å². The van der Waals surface area contributed by atoms with Crippen LogP contribution in [0.3, 0.4) is 0 Å². The number of hydrogen-bond donors (Lipinski definition) is 1. The molecule has 0 spiro atoms. The van der Waals surface area contributed by atoms with Crippen molar-refractivity contribution in [2.45, 2.75) is 39.2 Å². The lowest BCUT2D eigenvalue weighted by Gasteiger charge is -2.23. The second-order valence-electron chi connectivity index (χ2n) is 4.75. The molecule has 0 aromatic carbocycles. The fourth-order valence-electron chi connectivity index (χ4n) is 2.33. The van der Waals surface area contributed by atoms with Crippen molar-refractivity contribution in [1.29, 1.82) is 0 Å². The Morgan fingerprint density at radius 2 is 2.53 bits per heavy atom. The van der Waals surface area contributed by atoms with E-state index in [1.807, 2.05) is 0 Å². The van der Waals surface area contributed by atoms with E-state index >= 15 is 0 Å². The summed E-state index contributed by atoms with van der Waals surface area (Å²) in [6.45, 7) is 7.20. The minimum atomic E-state index is 0.527. The average Bonchev–Trinajstić information content (AvgIpc) is 2.95. The van der Waals surface area contributed by atoms with E-state index < -0.39 is 0 Å². The highest BCUT2D eigenvalue weighted by Crippen LogP contribution is 2.20. The molecule has 1 aliphatic heterocycles. The molecule has 1 aromatic rings. The summed E-state index contributed by atoms with van der Waals surface area (Å²) in [4.78, 5) is 4.57. The molecule has 1 fully saturated rings. The third-order valence-electron chi connectivity index (χ3n) is 3.29. The summed E-state index contributed by atoms with van der Waals surface area (Å²) in [6.07, 6.45) is 3.41. The molecule has 3 nitrogen and oxygen atoms in total. The average molecular weight is 254 g/mol. The summed E-state index contributed by atoms with van der Waals surface area (Å²) in [5.41, 5.74) is 1.23. The second kappa shape index (κ2) is 6.47. The SMILES string of the molecule is CCCNC(Cc1csc(C)n1)C1CCOC1. The largest absolute Gasteiger partial charge is 0.381 e. The molecular weight excluding hydrogens is 232 g/mol. The summed E-state index contributed by atoms with van der Waals surface area (Å²) >= 11 is 1.74. The van der Waals surface area contributed by atoms with Crippen LogP contribution in [0.1, 0.15) is 30.5 Å². The molecule has 2 rings (SSSR count). The van der Waals surface area contributed by atoms with Crippen molar-refractivity contribution < 1.29 is 4.74 Å². The summed E-state index contributed by atoms with van der Waals surface area (Å²) in [6, 6.07) is 0.527. The number of aromatic nitrogens is 1. The van der Waals surface area contributed by atoms with Crippen molar-refractivity contribution in [2.24, 2.45) is 5.92 Å². The van der Waals surface area contributed by atoms with Gasteiger partial charge in [0.05, 0.1) is 17.3 Å². The third-order valence-corrected chi connectivity index (χ3v) is 4.11. The van der Waals surface area contributed by atoms with Crippen LogP contribution in [0.4, 0.5) is 0 Å². The molecular formula is C13H22N2OS. The van der Waals surface area contributed by atoms with Crippen molar-refractivity contribution in [2.75, 3.05) is 19.8 Å². The zero-order chi connectivity index (χ0) is 12.1. The highest BCUT2D eigenvalue weighted by Gasteiger charge is 2.25. The van der Waals surface area contributed by atoms with Gasteiger partial charge >= 0.3 is 0 Å². The first-order valence-corrected chi connectivity index (χ1v) is 7.39. The van der Waals surface area contributed by atoms with E-state index in [2.05, 4.69) is 29.5 Å². The standard InChI is InChI=1S/C13H22N2OS/c1-3-5-14-13(11-4-6-16-8-11)7-12-9-17-10(2)15-12/h9,11,13-14H,3-8H2,1-2H3. The zero-order valence-corrected chi connectivity index (χ0v) is 11.6. The molecule has 0 amide bonds. The molecule has 2 heterocycles. The van der Waals surface area contributed by atoms with Gasteiger partial charge in [-0.3, -0.25) is 0 Å². The molecule has 1 saturated heterocycles. The van der Waals surface area contributed by atoms with E-state index in [1.165, 1.54) is 18.5 Å². The van der Waals surface area contributed by atoms with E-state index in [0.717, 1.165) is 31.2 Å². The van der Waals surface area contributed by atoms with Crippen LogP contribution >= 0.6 is 11.3 Å². The minimum Gasteiger partial charge on any atom is -0.381 e. The van der Waals surface area contributed by atoms with Crippen LogP contribution in [0.5, 0.6) is 0 Å². The van der Waals surface area contributed by atoms with E-state index in [-0.39, 0.29) is 0 Å². The summed E-state index contributed by atoms with van der Waals surface area (Å²) in [7, 11) is 0. The number of nitrogens with one attached hydrogen (secondary N) is 1. The molecule has 17 heavy (non-hydrogen) atoms. The number of ether oxygens (including phenoxy) is 1. The predicted molar refractivity (Wildman–Crippen MR) is 71.6 cm³/mol. The fraction of sp³-hybridized carbons (Fsp3) is 0.769. The van der Waals surface area contributed by atoms with Crippen LogP contribution in [-0.4, -0.2) is 30.8 Å². The monoisotopic (exact) mass is 254 g/mol. The Hall–Kier alpha value is -0.450. The molecule has 0 radical (unpaired) electrons. The van der Waals surface area contributed by atoms with Crippen LogP contribution in [-0.2, 0) is 11.2 Å². The van der Waals surface area contributed by atoms with E-state index in [1.54, 1.807) is 11.3 Å². The van der Waals surface area contributed by atoms with Gasteiger partial charge in [-0.1, -0.05) is 6.92 Å². The van der Waals surface area contributed by atoms with Gasteiger partial charge in [0.1, 0.15) is 0 Å². The smallest absolute Gasteiger partial charge is 0.0897 e. The maximum Gasteiger partial charge on any atom is 0.0897 e. The highest BCUT2D eigenvalue weighted by atomic mass is 32.1. The number of thiazole rings is 1. The molecule has 1 aromatic heterocycles. The molecule has 1 N–H and O–H groups in total. The van der Waals surface area contributed by atoms with Gasteiger partial charge in [-0.25, -0.2) is 4.98 Å². The molecule has 0 bridgehead atoms. The Bertz CT molecular complexity index is 334. The lowest BCUT2D eigenvalue weighted by Crippen LogP contribution is -2.39. The van der Waals surface area contributed by atoms with Crippen molar-refractivity contribution in [3.8, 4) is 0 Å². The van der Waals surface area contributed by atoms with Gasteiger partial charge < -0.3 is 10.1 Å². The van der Waals surface area contributed by atoms with Gasteiger partial charge in [0.15, 0.2) is 0 Å². The van der Waals surface area contributed by atoms with E-state index in [0.29, 0.717) is 12.0 Å². The van der Waals surface area contributed by atoms with Gasteiger partial charge in [-0.15, -0.1) is 11.3 Å². The number of aryl methyl sites for hydroxylation is 1. The van der Waals surface area contributed by atoms with Crippen LogP contribution in [0.25, 0.3) is 0 Å². The molecule has 1 aliphatic rings. The minimum absolute atomic E-state index is 0.527. The van der Waals surface area contributed by atoms with Crippen LogP contribution < -0.4 is 5.32 Å². The van der Waals surface area contributed by atoms with Crippen molar-refractivity contribution >= 4 is 11.3 Å². The Kier molecular flexibility index (Phi) is 4.95. The Morgan fingerprint density at radius 1 is 1.65 bits per heavy atom. The predicted octanol–water partition coefficient (Wildman–Crippen LogP) is 2.40. The van der Waals surface area contributed by atoms with Crippen LogP contribution in [0.15, 0.2) is 5.38 Å². The summed E-state index contributed by atoms with van der Waals surface area (Å²) in [5, 5.41) is 7.00. The number of rotatable bonds is 6. The van der Waals surface area contributed by atoms with E-state index in [4.69, 9.17) is 4.74 Å². The van der Waals surface area contributed by atoms with Gasteiger partial charge in [0.2, 0.25) is 0 Å². The Labute approximate surface area is 108 Å². The van der Waals surface area contributed by atoms with Crippen LogP contribution in [0.2, 0.25) is 0 Å². The summed E-state index contributed by atoms with van der Waals surface area (Å²) < 4.78 is 5.50. The highest BCUT2D eigenvalue weighted by molar-refractivity contribution is 7.09. The fourth-order valence-corrected chi connectivity index (χ4v) is 2.96. The molecule has 96 valence electrons. The Morgan fingerprint density at radius 3 is 3.12 bits per heavy atom. The molecule has 0 aliphatic carbocycles.